The van der Waals surface area contributed by atoms with Crippen molar-refractivity contribution in [1.82, 2.24) is 5.32 Å². The summed E-state index contributed by atoms with van der Waals surface area (Å²) in [6, 6.07) is 5.20. The van der Waals surface area contributed by atoms with Crippen LogP contribution in [0.3, 0.4) is 0 Å². The summed E-state index contributed by atoms with van der Waals surface area (Å²) in [6.07, 6.45) is 1.19. The fraction of sp³-hybridized carbons (Fsp3) is 0.308. The molecule has 2 aromatic rings. The first-order valence-electron chi connectivity index (χ1n) is 5.87. The second kappa shape index (κ2) is 7.08. The average Bonchev–Trinajstić information content (AvgIpc) is 3.11. The van der Waals surface area contributed by atoms with Gasteiger partial charge in [0.1, 0.15) is 6.10 Å². The number of nitrogens with one attached hydrogen (secondary N) is 1. The number of carbonyl (C=O) groups excluding carboxylic acids is 1. The van der Waals surface area contributed by atoms with E-state index in [-0.39, 0.29) is 31.0 Å². The van der Waals surface area contributed by atoms with Gasteiger partial charge >= 0.3 is 0 Å². The first-order chi connectivity index (χ1) is 9.31. The standard InChI is InChI=1S/C13H15NO4S/c15-4-6-18-12(10-3-7-19-9-10)8-14-13(16)11-2-1-5-17-11/h1-3,5,7,9,12,15H,4,6,8H2,(H,14,16)/t12-/m1/s1. The minimum atomic E-state index is -0.280. The molecule has 1 atom stereocenters. The van der Waals surface area contributed by atoms with Crippen molar-refractivity contribution in [3.63, 3.8) is 0 Å². The molecule has 102 valence electrons. The van der Waals surface area contributed by atoms with Crippen LogP contribution in [-0.4, -0.2) is 30.8 Å². The molecule has 0 bridgehead atoms. The molecule has 1 amide bonds. The molecule has 6 heteroatoms. The summed E-state index contributed by atoms with van der Waals surface area (Å²) >= 11 is 1.56. The van der Waals surface area contributed by atoms with Crippen LogP contribution in [0.1, 0.15) is 22.2 Å². The van der Waals surface area contributed by atoms with Gasteiger partial charge in [0, 0.05) is 6.54 Å². The largest absolute Gasteiger partial charge is 0.459 e. The van der Waals surface area contributed by atoms with Crippen LogP contribution in [0.2, 0.25) is 0 Å². The predicted octanol–water partition coefficient (Wildman–Crippen LogP) is 1.82. The van der Waals surface area contributed by atoms with Crippen molar-refractivity contribution >= 4 is 17.2 Å². The number of aliphatic hydroxyl groups is 1. The van der Waals surface area contributed by atoms with Gasteiger partial charge in [-0.05, 0) is 34.5 Å². The van der Waals surface area contributed by atoms with Crippen LogP contribution >= 0.6 is 11.3 Å². The highest BCUT2D eigenvalue weighted by atomic mass is 32.1. The lowest BCUT2D eigenvalue weighted by Gasteiger charge is -2.16. The van der Waals surface area contributed by atoms with Gasteiger partial charge in [-0.25, -0.2) is 0 Å². The van der Waals surface area contributed by atoms with Crippen molar-refractivity contribution < 1.29 is 19.1 Å². The van der Waals surface area contributed by atoms with E-state index in [2.05, 4.69) is 5.32 Å². The van der Waals surface area contributed by atoms with Crippen molar-refractivity contribution in [3.8, 4) is 0 Å². The van der Waals surface area contributed by atoms with Crippen LogP contribution in [0.4, 0.5) is 0 Å². The Balaban J connectivity index is 1.91. The summed E-state index contributed by atoms with van der Waals surface area (Å²) in [7, 11) is 0. The van der Waals surface area contributed by atoms with Gasteiger partial charge in [-0.3, -0.25) is 4.79 Å². The van der Waals surface area contributed by atoms with Gasteiger partial charge in [0.2, 0.25) is 0 Å². The van der Waals surface area contributed by atoms with Crippen molar-refractivity contribution in [2.45, 2.75) is 6.10 Å². The van der Waals surface area contributed by atoms with Crippen LogP contribution in [-0.2, 0) is 4.74 Å². The number of thiophene rings is 1. The van der Waals surface area contributed by atoms with Crippen LogP contribution in [0.15, 0.2) is 39.6 Å². The SMILES string of the molecule is O=C(NC[C@@H](OCCO)c1ccsc1)c1ccco1. The molecule has 0 aromatic carbocycles. The van der Waals surface area contributed by atoms with Crippen molar-refractivity contribution in [2.75, 3.05) is 19.8 Å². The van der Waals surface area contributed by atoms with Crippen molar-refractivity contribution in [2.24, 2.45) is 0 Å². The number of amides is 1. The Morgan fingerprint density at radius 3 is 3.05 bits per heavy atom. The van der Waals surface area contributed by atoms with E-state index in [0.29, 0.717) is 6.54 Å². The molecule has 5 nitrogen and oxygen atoms in total. The van der Waals surface area contributed by atoms with E-state index in [9.17, 15) is 4.79 Å². The highest BCUT2D eigenvalue weighted by Crippen LogP contribution is 2.19. The number of aliphatic hydroxyl groups excluding tert-OH is 1. The third-order valence-electron chi connectivity index (χ3n) is 2.52. The minimum Gasteiger partial charge on any atom is -0.459 e. The first kappa shape index (κ1) is 13.8. The molecule has 0 aliphatic heterocycles. The Morgan fingerprint density at radius 1 is 1.53 bits per heavy atom. The molecule has 2 N–H and O–H groups in total. The normalized spacial score (nSPS) is 12.3. The number of rotatable bonds is 7. The van der Waals surface area contributed by atoms with E-state index >= 15 is 0 Å². The lowest BCUT2D eigenvalue weighted by molar-refractivity contribution is 0.0277. The Morgan fingerprint density at radius 2 is 2.42 bits per heavy atom. The van der Waals surface area contributed by atoms with Crippen molar-refractivity contribution in [3.05, 3.63) is 46.5 Å². The maximum absolute atomic E-state index is 11.7. The molecule has 19 heavy (non-hydrogen) atoms. The minimum absolute atomic E-state index is 0.0488. The van der Waals surface area contributed by atoms with E-state index in [1.807, 2.05) is 16.8 Å². The van der Waals surface area contributed by atoms with E-state index in [0.717, 1.165) is 5.56 Å². The maximum Gasteiger partial charge on any atom is 0.287 e. The molecule has 0 unspecified atom stereocenters. The topological polar surface area (TPSA) is 71.7 Å². The molecule has 0 saturated carbocycles. The average molecular weight is 281 g/mol. The molecule has 2 heterocycles. The first-order valence-corrected chi connectivity index (χ1v) is 6.82. The summed E-state index contributed by atoms with van der Waals surface area (Å²) in [4.78, 5) is 11.7. The molecule has 2 aromatic heterocycles. The smallest absolute Gasteiger partial charge is 0.287 e. The highest BCUT2D eigenvalue weighted by Gasteiger charge is 2.15. The van der Waals surface area contributed by atoms with E-state index in [4.69, 9.17) is 14.3 Å². The number of ether oxygens (including phenoxy) is 1. The maximum atomic E-state index is 11.7. The van der Waals surface area contributed by atoms with Crippen LogP contribution < -0.4 is 5.32 Å². The zero-order valence-corrected chi connectivity index (χ0v) is 11.1. The number of hydrogen-bond donors (Lipinski definition) is 2. The van der Waals surface area contributed by atoms with Gasteiger partial charge in [0.05, 0.1) is 19.5 Å². The van der Waals surface area contributed by atoms with E-state index < -0.39 is 0 Å². The van der Waals surface area contributed by atoms with Gasteiger partial charge < -0.3 is 19.6 Å². The van der Waals surface area contributed by atoms with Crippen LogP contribution in [0.5, 0.6) is 0 Å². The Hall–Kier alpha value is -1.63. The second-order valence-corrected chi connectivity index (χ2v) is 4.61. The third-order valence-corrected chi connectivity index (χ3v) is 3.22. The molecule has 0 saturated heterocycles. The second-order valence-electron chi connectivity index (χ2n) is 3.83. The van der Waals surface area contributed by atoms with Gasteiger partial charge in [0.25, 0.3) is 5.91 Å². The summed E-state index contributed by atoms with van der Waals surface area (Å²) in [5.74, 6) is -0.0101. The van der Waals surface area contributed by atoms with Gasteiger partial charge in [-0.2, -0.15) is 11.3 Å². The third kappa shape index (κ3) is 3.92. The zero-order valence-electron chi connectivity index (χ0n) is 10.2. The lowest BCUT2D eigenvalue weighted by Crippen LogP contribution is -2.29. The molecule has 0 radical (unpaired) electrons. The molecule has 2 rings (SSSR count). The fourth-order valence-corrected chi connectivity index (χ4v) is 2.31. The molecular formula is C13H15NO4S. The van der Waals surface area contributed by atoms with Gasteiger partial charge in [-0.1, -0.05) is 0 Å². The van der Waals surface area contributed by atoms with Crippen molar-refractivity contribution in [1.29, 1.82) is 0 Å². The molecule has 0 fully saturated rings. The summed E-state index contributed by atoms with van der Waals surface area (Å²) < 4.78 is 10.5. The quantitative estimate of drug-likeness (QED) is 0.812. The lowest BCUT2D eigenvalue weighted by atomic mass is 10.2. The summed E-state index contributed by atoms with van der Waals surface area (Å²) in [5, 5.41) is 15.5. The number of carbonyl (C=O) groups is 1. The van der Waals surface area contributed by atoms with E-state index in [1.54, 1.807) is 23.5 Å². The number of furan rings is 1. The van der Waals surface area contributed by atoms with Crippen LogP contribution in [0, 0.1) is 0 Å². The molecular weight excluding hydrogens is 266 g/mol. The number of hydrogen-bond acceptors (Lipinski definition) is 5. The monoisotopic (exact) mass is 281 g/mol. The van der Waals surface area contributed by atoms with Gasteiger partial charge in [-0.15, -0.1) is 0 Å². The Kier molecular flexibility index (Phi) is 5.14. The predicted molar refractivity (Wildman–Crippen MR) is 71.1 cm³/mol. The zero-order chi connectivity index (χ0) is 13.5. The summed E-state index contributed by atoms with van der Waals surface area (Å²) in [6.45, 7) is 0.514. The summed E-state index contributed by atoms with van der Waals surface area (Å²) in [5.41, 5.74) is 0.984. The van der Waals surface area contributed by atoms with Crippen LogP contribution in [0.25, 0.3) is 0 Å². The van der Waals surface area contributed by atoms with E-state index in [1.165, 1.54) is 6.26 Å². The Bertz CT molecular complexity index is 481. The molecule has 0 aliphatic rings. The van der Waals surface area contributed by atoms with Gasteiger partial charge in [0.15, 0.2) is 5.76 Å². The highest BCUT2D eigenvalue weighted by molar-refractivity contribution is 7.07. The fourth-order valence-electron chi connectivity index (χ4n) is 1.61. The Labute approximate surface area is 114 Å². The molecule has 0 spiro atoms. The molecule has 0 aliphatic carbocycles.